The summed E-state index contributed by atoms with van der Waals surface area (Å²) in [5, 5.41) is 0.834. The summed E-state index contributed by atoms with van der Waals surface area (Å²) in [5.41, 5.74) is 7.46. The van der Waals surface area contributed by atoms with Crippen LogP contribution >= 0.6 is 11.6 Å². The molecule has 72 valence electrons. The van der Waals surface area contributed by atoms with Gasteiger partial charge in [-0.05, 0) is 25.3 Å². The highest BCUT2D eigenvalue weighted by Gasteiger charge is 2.18. The highest BCUT2D eigenvalue weighted by atomic mass is 35.5. The van der Waals surface area contributed by atoms with Crippen molar-refractivity contribution in [2.45, 2.75) is 26.7 Å². The van der Waals surface area contributed by atoms with Gasteiger partial charge in [-0.25, -0.2) is 4.99 Å². The number of nitrogens with zero attached hydrogens (tertiary/aromatic N) is 1. The molecule has 0 aromatic carbocycles. The van der Waals surface area contributed by atoms with Crippen LogP contribution in [0.4, 0.5) is 0 Å². The molecule has 1 aliphatic rings. The zero-order valence-corrected chi connectivity index (χ0v) is 8.86. The lowest BCUT2D eigenvalue weighted by Crippen LogP contribution is -2.22. The molecular weight excluding hydrogens is 184 g/mol. The molecule has 13 heavy (non-hydrogen) atoms. The third kappa shape index (κ3) is 2.13. The largest absolute Gasteiger partial charge is 0.387 e. The van der Waals surface area contributed by atoms with Gasteiger partial charge in [0.15, 0.2) is 0 Å². The van der Waals surface area contributed by atoms with E-state index in [0.717, 1.165) is 23.4 Å². The molecule has 1 heterocycles. The number of nitrogens with two attached hydrogens (primary N) is 1. The molecule has 0 fully saturated rings. The Morgan fingerprint density at radius 2 is 2.31 bits per heavy atom. The monoisotopic (exact) mass is 198 g/mol. The SMILES string of the molecule is C=C1N=C(N)C(CC)CC(Cl)=C1C. The van der Waals surface area contributed by atoms with Crippen LogP contribution in [0.25, 0.3) is 0 Å². The van der Waals surface area contributed by atoms with Crippen molar-refractivity contribution in [3.8, 4) is 0 Å². The molecule has 1 rings (SSSR count). The molecule has 0 aromatic rings. The molecule has 0 radical (unpaired) electrons. The van der Waals surface area contributed by atoms with Crippen molar-refractivity contribution in [2.24, 2.45) is 16.6 Å². The Morgan fingerprint density at radius 3 is 2.85 bits per heavy atom. The van der Waals surface area contributed by atoms with Crippen molar-refractivity contribution in [3.05, 3.63) is 22.9 Å². The molecule has 0 bridgehead atoms. The van der Waals surface area contributed by atoms with Gasteiger partial charge in [-0.2, -0.15) is 0 Å². The zero-order valence-electron chi connectivity index (χ0n) is 8.10. The Kier molecular flexibility index (Phi) is 3.15. The second-order valence-corrected chi connectivity index (χ2v) is 3.78. The first-order valence-corrected chi connectivity index (χ1v) is 4.82. The van der Waals surface area contributed by atoms with Crippen LogP contribution in [-0.2, 0) is 0 Å². The summed E-state index contributed by atoms with van der Waals surface area (Å²) in [6.07, 6.45) is 1.75. The lowest BCUT2D eigenvalue weighted by molar-refractivity contribution is 0.667. The van der Waals surface area contributed by atoms with E-state index >= 15 is 0 Å². The highest BCUT2D eigenvalue weighted by molar-refractivity contribution is 6.30. The fraction of sp³-hybridized carbons (Fsp3) is 0.500. The van der Waals surface area contributed by atoms with Crippen molar-refractivity contribution >= 4 is 17.4 Å². The quantitative estimate of drug-likeness (QED) is 0.692. The highest BCUT2D eigenvalue weighted by Crippen LogP contribution is 2.28. The van der Waals surface area contributed by atoms with Gasteiger partial charge in [0.1, 0.15) is 5.84 Å². The van der Waals surface area contributed by atoms with Crippen molar-refractivity contribution in [3.63, 3.8) is 0 Å². The first-order chi connectivity index (χ1) is 6.06. The second-order valence-electron chi connectivity index (χ2n) is 3.32. The average Bonchev–Trinajstić information content (AvgIpc) is 2.18. The van der Waals surface area contributed by atoms with Gasteiger partial charge >= 0.3 is 0 Å². The van der Waals surface area contributed by atoms with Crippen LogP contribution in [0.5, 0.6) is 0 Å². The lowest BCUT2D eigenvalue weighted by Gasteiger charge is -2.10. The first kappa shape index (κ1) is 10.3. The molecule has 0 amide bonds. The van der Waals surface area contributed by atoms with Crippen LogP contribution < -0.4 is 5.73 Å². The van der Waals surface area contributed by atoms with Crippen LogP contribution in [0.2, 0.25) is 0 Å². The molecule has 0 saturated heterocycles. The maximum Gasteiger partial charge on any atom is 0.103 e. The number of hydrogen-bond acceptors (Lipinski definition) is 2. The molecule has 2 N–H and O–H groups in total. The normalized spacial score (nSPS) is 24.4. The third-order valence-corrected chi connectivity index (χ3v) is 2.88. The van der Waals surface area contributed by atoms with Gasteiger partial charge in [0.2, 0.25) is 0 Å². The topological polar surface area (TPSA) is 38.4 Å². The molecule has 0 aliphatic carbocycles. The molecule has 0 aromatic heterocycles. The number of allylic oxidation sites excluding steroid dienone is 2. The van der Waals surface area contributed by atoms with E-state index in [9.17, 15) is 0 Å². The van der Waals surface area contributed by atoms with E-state index in [1.54, 1.807) is 0 Å². The number of rotatable bonds is 1. The Labute approximate surface area is 84.2 Å². The van der Waals surface area contributed by atoms with Gasteiger partial charge in [-0.1, -0.05) is 25.1 Å². The molecule has 1 unspecified atom stereocenters. The fourth-order valence-corrected chi connectivity index (χ4v) is 1.61. The van der Waals surface area contributed by atoms with Crippen LogP contribution in [-0.4, -0.2) is 5.84 Å². The molecule has 2 nitrogen and oxygen atoms in total. The van der Waals surface area contributed by atoms with Gasteiger partial charge in [0.25, 0.3) is 0 Å². The molecule has 1 aliphatic heterocycles. The average molecular weight is 199 g/mol. The van der Waals surface area contributed by atoms with Crippen molar-refractivity contribution < 1.29 is 0 Å². The standard InChI is InChI=1S/C10H15ClN2/c1-4-8-5-9(11)6(2)7(3)13-10(8)12/h8H,3-5H2,1-2H3,(H2,12,13). The minimum Gasteiger partial charge on any atom is -0.387 e. The lowest BCUT2D eigenvalue weighted by atomic mass is 10.0. The van der Waals surface area contributed by atoms with E-state index < -0.39 is 0 Å². The van der Waals surface area contributed by atoms with E-state index in [-0.39, 0.29) is 5.92 Å². The van der Waals surface area contributed by atoms with Gasteiger partial charge in [0, 0.05) is 11.0 Å². The molecule has 0 saturated carbocycles. The maximum atomic E-state index is 6.10. The summed E-state index contributed by atoms with van der Waals surface area (Å²) in [5.74, 6) is 0.921. The van der Waals surface area contributed by atoms with Crippen LogP contribution in [0, 0.1) is 5.92 Å². The van der Waals surface area contributed by atoms with E-state index in [4.69, 9.17) is 17.3 Å². The third-order valence-electron chi connectivity index (χ3n) is 2.44. The predicted octanol–water partition coefficient (Wildman–Crippen LogP) is 2.80. The Bertz CT molecular complexity index is 289. The van der Waals surface area contributed by atoms with E-state index in [1.165, 1.54) is 0 Å². The van der Waals surface area contributed by atoms with Crippen molar-refractivity contribution in [1.29, 1.82) is 0 Å². The first-order valence-electron chi connectivity index (χ1n) is 4.44. The summed E-state index contributed by atoms with van der Waals surface area (Å²) in [4.78, 5) is 4.22. The smallest absolute Gasteiger partial charge is 0.103 e. The van der Waals surface area contributed by atoms with Gasteiger partial charge in [-0.3, -0.25) is 0 Å². The maximum absolute atomic E-state index is 6.10. The summed E-state index contributed by atoms with van der Waals surface area (Å²) < 4.78 is 0. The number of halogens is 1. The Balaban J connectivity index is 3.03. The van der Waals surface area contributed by atoms with Gasteiger partial charge in [-0.15, -0.1) is 0 Å². The molecule has 1 atom stereocenters. The summed E-state index contributed by atoms with van der Waals surface area (Å²) in [6.45, 7) is 7.83. The number of hydrogen-bond donors (Lipinski definition) is 1. The minimum atomic E-state index is 0.265. The summed E-state index contributed by atoms with van der Waals surface area (Å²) in [7, 11) is 0. The van der Waals surface area contributed by atoms with E-state index in [2.05, 4.69) is 18.5 Å². The minimum absolute atomic E-state index is 0.265. The molecule has 0 spiro atoms. The zero-order chi connectivity index (χ0) is 10.0. The fourth-order valence-electron chi connectivity index (χ4n) is 1.32. The van der Waals surface area contributed by atoms with Crippen LogP contribution in [0.15, 0.2) is 27.9 Å². The summed E-state index contributed by atoms with van der Waals surface area (Å²) >= 11 is 6.10. The van der Waals surface area contributed by atoms with Gasteiger partial charge < -0.3 is 5.73 Å². The Morgan fingerprint density at radius 1 is 1.69 bits per heavy atom. The predicted molar refractivity (Wildman–Crippen MR) is 57.7 cm³/mol. The molecular formula is C10H15ClN2. The van der Waals surface area contributed by atoms with Gasteiger partial charge in [0.05, 0.1) is 5.70 Å². The van der Waals surface area contributed by atoms with Crippen LogP contribution in [0.3, 0.4) is 0 Å². The van der Waals surface area contributed by atoms with Crippen molar-refractivity contribution in [2.75, 3.05) is 0 Å². The Hall–Kier alpha value is -0.760. The van der Waals surface area contributed by atoms with E-state index in [1.807, 2.05) is 6.92 Å². The van der Waals surface area contributed by atoms with Crippen molar-refractivity contribution in [1.82, 2.24) is 0 Å². The number of amidine groups is 1. The molecule has 3 heteroatoms. The summed E-state index contributed by atoms with van der Waals surface area (Å²) in [6, 6.07) is 0. The second kappa shape index (κ2) is 3.97. The number of aliphatic imine (C=N–C) groups is 1. The van der Waals surface area contributed by atoms with E-state index in [0.29, 0.717) is 11.5 Å². The van der Waals surface area contributed by atoms with Crippen LogP contribution in [0.1, 0.15) is 26.7 Å².